The van der Waals surface area contributed by atoms with Crippen molar-refractivity contribution in [2.24, 2.45) is 0 Å². The number of anilines is 1. The highest BCUT2D eigenvalue weighted by molar-refractivity contribution is 5.92. The predicted octanol–water partition coefficient (Wildman–Crippen LogP) is 0.0311. The van der Waals surface area contributed by atoms with Crippen LogP contribution in [0.5, 0.6) is 0 Å². The summed E-state index contributed by atoms with van der Waals surface area (Å²) in [6.45, 7) is 0. The van der Waals surface area contributed by atoms with Gasteiger partial charge in [-0.3, -0.25) is 0 Å². The number of hydrogen-bond acceptors (Lipinski definition) is 6. The molecule has 2 heterocycles. The molecule has 2 rings (SSSR count). The lowest BCUT2D eigenvalue weighted by Crippen LogP contribution is -2.07. The van der Waals surface area contributed by atoms with Crippen LogP contribution in [0, 0.1) is 0 Å². The number of aromatic nitrogens is 4. The van der Waals surface area contributed by atoms with Gasteiger partial charge in [-0.05, 0) is 6.07 Å². The fourth-order valence-corrected chi connectivity index (χ4v) is 1.15. The highest BCUT2D eigenvalue weighted by Gasteiger charge is 2.16. The maximum absolute atomic E-state index is 11.3. The van der Waals surface area contributed by atoms with Crippen molar-refractivity contribution in [3.05, 3.63) is 30.4 Å². The molecule has 2 aromatic heterocycles. The molecule has 0 radical (unpaired) electrons. The summed E-state index contributed by atoms with van der Waals surface area (Å²) in [5.41, 5.74) is 5.89. The van der Waals surface area contributed by atoms with Crippen LogP contribution in [0.25, 0.3) is 5.95 Å². The van der Waals surface area contributed by atoms with Gasteiger partial charge in [0.2, 0.25) is 0 Å². The number of hydrogen-bond donors (Lipinski definition) is 1. The lowest BCUT2D eigenvalue weighted by atomic mass is 10.4. The fraction of sp³-hybridized carbons (Fsp3) is 0.111. The van der Waals surface area contributed by atoms with Gasteiger partial charge in [0.15, 0.2) is 5.69 Å². The molecule has 0 aliphatic carbocycles. The molecule has 16 heavy (non-hydrogen) atoms. The minimum atomic E-state index is -0.591. The molecule has 7 heteroatoms. The smallest absolute Gasteiger partial charge is 0.360 e. The Morgan fingerprint density at radius 2 is 2.12 bits per heavy atom. The number of nitrogens with zero attached hydrogens (tertiary/aromatic N) is 4. The van der Waals surface area contributed by atoms with E-state index < -0.39 is 5.97 Å². The molecule has 82 valence electrons. The highest BCUT2D eigenvalue weighted by atomic mass is 16.5. The third kappa shape index (κ3) is 1.70. The maximum atomic E-state index is 11.3. The second-order valence-electron chi connectivity index (χ2n) is 2.92. The van der Waals surface area contributed by atoms with Crippen molar-refractivity contribution >= 4 is 11.7 Å². The van der Waals surface area contributed by atoms with Gasteiger partial charge in [0.25, 0.3) is 5.95 Å². The molecule has 0 saturated heterocycles. The normalized spacial score (nSPS) is 10.1. The first-order valence-corrected chi connectivity index (χ1v) is 4.43. The van der Waals surface area contributed by atoms with Crippen LogP contribution < -0.4 is 5.73 Å². The summed E-state index contributed by atoms with van der Waals surface area (Å²) in [4.78, 5) is 19.2. The quantitative estimate of drug-likeness (QED) is 0.716. The van der Waals surface area contributed by atoms with Crippen LogP contribution in [-0.4, -0.2) is 32.8 Å². The first kappa shape index (κ1) is 10.1. The molecule has 0 aliphatic rings. The third-order valence-electron chi connectivity index (χ3n) is 1.88. The van der Waals surface area contributed by atoms with Crippen molar-refractivity contribution in [1.29, 1.82) is 0 Å². The number of carbonyl (C=O) groups is 1. The molecule has 0 saturated carbocycles. The first-order valence-electron chi connectivity index (χ1n) is 4.43. The van der Waals surface area contributed by atoms with Gasteiger partial charge in [0.05, 0.1) is 19.0 Å². The van der Waals surface area contributed by atoms with Crippen LogP contribution in [0.15, 0.2) is 24.7 Å². The second-order valence-corrected chi connectivity index (χ2v) is 2.92. The van der Waals surface area contributed by atoms with Gasteiger partial charge in [-0.2, -0.15) is 5.10 Å². The molecule has 7 nitrogen and oxygen atoms in total. The summed E-state index contributed by atoms with van der Waals surface area (Å²) in [5, 5.41) is 3.94. The van der Waals surface area contributed by atoms with E-state index in [0.717, 1.165) is 0 Å². The zero-order valence-corrected chi connectivity index (χ0v) is 8.49. The Kier molecular flexibility index (Phi) is 2.50. The molecule has 0 bridgehead atoms. The number of nitrogen functional groups attached to an aromatic ring is 1. The molecule has 0 unspecified atom stereocenters. The molecule has 2 N–H and O–H groups in total. The Bertz CT molecular complexity index is 508. The average molecular weight is 219 g/mol. The Morgan fingerprint density at radius 1 is 1.44 bits per heavy atom. The van der Waals surface area contributed by atoms with Crippen molar-refractivity contribution in [2.45, 2.75) is 0 Å². The Morgan fingerprint density at radius 3 is 2.75 bits per heavy atom. The van der Waals surface area contributed by atoms with Crippen molar-refractivity contribution in [1.82, 2.24) is 19.7 Å². The van der Waals surface area contributed by atoms with E-state index >= 15 is 0 Å². The molecule has 2 aromatic rings. The summed E-state index contributed by atoms with van der Waals surface area (Å²) in [6.07, 6.45) is 4.59. The van der Waals surface area contributed by atoms with Gasteiger partial charge in [-0.1, -0.05) is 0 Å². The van der Waals surface area contributed by atoms with Gasteiger partial charge in [0, 0.05) is 12.4 Å². The lowest BCUT2D eigenvalue weighted by Gasteiger charge is -1.96. The lowest BCUT2D eigenvalue weighted by molar-refractivity contribution is 0.0594. The number of rotatable bonds is 2. The monoisotopic (exact) mass is 219 g/mol. The predicted molar refractivity (Wildman–Crippen MR) is 54.9 cm³/mol. The van der Waals surface area contributed by atoms with E-state index in [0.29, 0.717) is 5.95 Å². The maximum Gasteiger partial charge on any atom is 0.360 e. The number of carbonyl (C=O) groups excluding carboxylic acids is 1. The SMILES string of the molecule is COC(=O)c1nn(-c2ncccn2)cc1N. The topological polar surface area (TPSA) is 95.9 Å². The van der Waals surface area contributed by atoms with Crippen molar-refractivity contribution in [3.8, 4) is 5.95 Å². The van der Waals surface area contributed by atoms with E-state index in [4.69, 9.17) is 5.73 Å². The Balaban J connectivity index is 2.42. The molecule has 0 spiro atoms. The van der Waals surface area contributed by atoms with Crippen molar-refractivity contribution in [2.75, 3.05) is 12.8 Å². The minimum absolute atomic E-state index is 0.0509. The largest absolute Gasteiger partial charge is 0.464 e. The second kappa shape index (κ2) is 3.97. The number of ether oxygens (including phenoxy) is 1. The molecular weight excluding hydrogens is 210 g/mol. The summed E-state index contributed by atoms with van der Waals surface area (Å²) in [5.74, 6) is -0.253. The van der Waals surface area contributed by atoms with Crippen LogP contribution in [0.1, 0.15) is 10.5 Å². The first-order chi connectivity index (χ1) is 7.72. The van der Waals surface area contributed by atoms with Crippen LogP contribution in [0.3, 0.4) is 0 Å². The molecule has 0 amide bonds. The van der Waals surface area contributed by atoms with E-state index in [9.17, 15) is 4.79 Å². The average Bonchev–Trinajstić information content (AvgIpc) is 2.71. The molecule has 0 aromatic carbocycles. The Labute approximate surface area is 90.9 Å². The molecular formula is C9H9N5O2. The van der Waals surface area contributed by atoms with E-state index in [1.54, 1.807) is 18.5 Å². The number of methoxy groups -OCH3 is 1. The van der Waals surface area contributed by atoms with Gasteiger partial charge in [-0.25, -0.2) is 19.4 Å². The zero-order valence-electron chi connectivity index (χ0n) is 8.49. The van der Waals surface area contributed by atoms with Crippen LogP contribution in [0.2, 0.25) is 0 Å². The Hall–Kier alpha value is -2.44. The van der Waals surface area contributed by atoms with Gasteiger partial charge < -0.3 is 10.5 Å². The molecule has 0 aliphatic heterocycles. The van der Waals surface area contributed by atoms with E-state index in [1.165, 1.54) is 18.0 Å². The highest BCUT2D eigenvalue weighted by Crippen LogP contribution is 2.12. The van der Waals surface area contributed by atoms with E-state index in [-0.39, 0.29) is 11.4 Å². The summed E-state index contributed by atoms with van der Waals surface area (Å²) < 4.78 is 5.85. The minimum Gasteiger partial charge on any atom is -0.464 e. The van der Waals surface area contributed by atoms with Gasteiger partial charge >= 0.3 is 5.97 Å². The van der Waals surface area contributed by atoms with Crippen molar-refractivity contribution in [3.63, 3.8) is 0 Å². The van der Waals surface area contributed by atoms with E-state index in [2.05, 4.69) is 19.8 Å². The third-order valence-corrected chi connectivity index (χ3v) is 1.88. The molecule has 0 fully saturated rings. The standard InChI is InChI=1S/C9H9N5O2/c1-16-8(15)7-6(10)5-14(13-7)9-11-3-2-4-12-9/h2-5H,10H2,1H3. The van der Waals surface area contributed by atoms with Crippen LogP contribution in [0.4, 0.5) is 5.69 Å². The van der Waals surface area contributed by atoms with Gasteiger partial charge in [0.1, 0.15) is 0 Å². The fourth-order valence-electron chi connectivity index (χ4n) is 1.15. The van der Waals surface area contributed by atoms with E-state index in [1.807, 2.05) is 0 Å². The van der Waals surface area contributed by atoms with Crippen LogP contribution in [-0.2, 0) is 4.74 Å². The summed E-state index contributed by atoms with van der Waals surface area (Å²) in [6, 6.07) is 1.68. The number of esters is 1. The van der Waals surface area contributed by atoms with Gasteiger partial charge in [-0.15, -0.1) is 0 Å². The van der Waals surface area contributed by atoms with Crippen molar-refractivity contribution < 1.29 is 9.53 Å². The van der Waals surface area contributed by atoms with Crippen LogP contribution >= 0.6 is 0 Å². The summed E-state index contributed by atoms with van der Waals surface area (Å²) in [7, 11) is 1.26. The zero-order chi connectivity index (χ0) is 11.5. The summed E-state index contributed by atoms with van der Waals surface area (Å²) >= 11 is 0. The molecule has 0 atom stereocenters. The number of nitrogens with two attached hydrogens (primary N) is 1.